The maximum atomic E-state index is 10.6. The number of rotatable bonds is 1. The van der Waals surface area contributed by atoms with Crippen molar-refractivity contribution in [3.05, 3.63) is 0 Å². The van der Waals surface area contributed by atoms with Crippen molar-refractivity contribution < 1.29 is 21.5 Å². The molecule has 0 spiro atoms. The lowest BCUT2D eigenvalue weighted by molar-refractivity contribution is -0.0482. The molecule has 0 saturated carbocycles. The highest BCUT2D eigenvalue weighted by atomic mass is 32.3. The van der Waals surface area contributed by atoms with E-state index in [0.717, 1.165) is 0 Å². The van der Waals surface area contributed by atoms with Gasteiger partial charge in [0.05, 0.1) is 6.61 Å². The minimum Gasteiger partial charge on any atom is -0.376 e. The summed E-state index contributed by atoms with van der Waals surface area (Å²) in [6.45, 7) is 1.65. The van der Waals surface area contributed by atoms with Gasteiger partial charge in [0.25, 0.3) is 0 Å². The Balaban J connectivity index is 2.62. The predicted octanol–water partition coefficient (Wildman–Crippen LogP) is -0.318. The van der Waals surface area contributed by atoms with Crippen LogP contribution >= 0.6 is 0 Å². The van der Waals surface area contributed by atoms with E-state index in [-0.39, 0.29) is 12.7 Å². The Labute approximate surface area is 65.6 Å². The molecule has 1 aliphatic rings. The molecule has 2 atom stereocenters. The number of hydrogen-bond donors (Lipinski definition) is 0. The average Bonchev–Trinajstić information content (AvgIpc) is 1.86. The second-order valence-electron chi connectivity index (χ2n) is 2.27. The minimum atomic E-state index is -3.75. The summed E-state index contributed by atoms with van der Waals surface area (Å²) in [6.07, 6.45) is -0.780. The third kappa shape index (κ3) is 2.13. The van der Waals surface area contributed by atoms with Crippen molar-refractivity contribution in [2.45, 2.75) is 19.1 Å². The number of hydrogen-bond acceptors (Lipinski definition) is 5. The van der Waals surface area contributed by atoms with E-state index in [1.165, 1.54) is 7.11 Å². The van der Waals surface area contributed by atoms with E-state index < -0.39 is 16.5 Å². The topological polar surface area (TPSA) is 61.8 Å². The zero-order valence-electron chi connectivity index (χ0n) is 6.31. The van der Waals surface area contributed by atoms with E-state index in [1.54, 1.807) is 6.92 Å². The Morgan fingerprint density at radius 3 is 2.64 bits per heavy atom. The predicted molar refractivity (Wildman–Crippen MR) is 36.2 cm³/mol. The third-order valence-corrected chi connectivity index (χ3v) is 2.44. The van der Waals surface area contributed by atoms with E-state index >= 15 is 0 Å². The first-order chi connectivity index (χ1) is 5.05. The lowest BCUT2D eigenvalue weighted by Crippen LogP contribution is -2.40. The summed E-state index contributed by atoms with van der Waals surface area (Å²) >= 11 is 0. The molecule has 0 aromatic carbocycles. The van der Waals surface area contributed by atoms with Gasteiger partial charge in [0.2, 0.25) is 0 Å². The maximum absolute atomic E-state index is 10.6. The molecule has 1 saturated heterocycles. The number of methoxy groups -OCH3 is 1. The summed E-state index contributed by atoms with van der Waals surface area (Å²) in [5.74, 6) is 0. The van der Waals surface area contributed by atoms with Crippen LogP contribution in [-0.2, 0) is 23.5 Å². The molecule has 1 fully saturated rings. The van der Waals surface area contributed by atoms with Gasteiger partial charge in [-0.1, -0.05) is 0 Å². The van der Waals surface area contributed by atoms with Gasteiger partial charge >= 0.3 is 10.4 Å². The molecule has 0 aromatic heterocycles. The fourth-order valence-electron chi connectivity index (χ4n) is 0.821. The van der Waals surface area contributed by atoms with Crippen molar-refractivity contribution in [3.8, 4) is 0 Å². The quantitative estimate of drug-likeness (QED) is 0.556. The highest BCUT2D eigenvalue weighted by Crippen LogP contribution is 2.15. The SMILES string of the molecule is CO[C@@H]1COS(=O)(=O)OC1C. The second kappa shape index (κ2) is 3.06. The van der Waals surface area contributed by atoms with Crippen LogP contribution in [0.2, 0.25) is 0 Å². The van der Waals surface area contributed by atoms with Crippen LogP contribution in [0.3, 0.4) is 0 Å². The summed E-state index contributed by atoms with van der Waals surface area (Å²) in [4.78, 5) is 0. The molecule has 0 N–H and O–H groups in total. The van der Waals surface area contributed by atoms with Gasteiger partial charge in [-0.05, 0) is 6.92 Å². The van der Waals surface area contributed by atoms with Gasteiger partial charge in [-0.15, -0.1) is 0 Å². The van der Waals surface area contributed by atoms with Crippen molar-refractivity contribution in [2.24, 2.45) is 0 Å². The van der Waals surface area contributed by atoms with Crippen molar-refractivity contribution in [2.75, 3.05) is 13.7 Å². The van der Waals surface area contributed by atoms with Crippen LogP contribution in [0.5, 0.6) is 0 Å². The van der Waals surface area contributed by atoms with Crippen LogP contribution in [0, 0.1) is 0 Å². The van der Waals surface area contributed by atoms with Crippen LogP contribution in [0.25, 0.3) is 0 Å². The third-order valence-electron chi connectivity index (χ3n) is 1.47. The first-order valence-electron chi connectivity index (χ1n) is 3.15. The fraction of sp³-hybridized carbons (Fsp3) is 1.00. The standard InChI is InChI=1S/C5H10O5S/c1-4-5(8-2)3-9-11(6,7)10-4/h4-5H,3H2,1-2H3/t4?,5-/m1/s1. The molecular formula is C5H10O5S. The van der Waals surface area contributed by atoms with Crippen molar-refractivity contribution >= 4 is 10.4 Å². The van der Waals surface area contributed by atoms with E-state index in [9.17, 15) is 8.42 Å². The summed E-state index contributed by atoms with van der Waals surface area (Å²) in [7, 11) is -2.28. The van der Waals surface area contributed by atoms with Crippen molar-refractivity contribution in [1.29, 1.82) is 0 Å². The lowest BCUT2D eigenvalue weighted by atomic mass is 10.2. The summed E-state index contributed by atoms with van der Waals surface area (Å²) in [6, 6.07) is 0. The van der Waals surface area contributed by atoms with Crippen LogP contribution in [0.4, 0.5) is 0 Å². The van der Waals surface area contributed by atoms with Gasteiger partial charge in [0.15, 0.2) is 0 Å². The summed E-state index contributed by atoms with van der Waals surface area (Å²) in [5.41, 5.74) is 0. The minimum absolute atomic E-state index is 0.0278. The maximum Gasteiger partial charge on any atom is 0.400 e. The molecule has 66 valence electrons. The Morgan fingerprint density at radius 1 is 1.55 bits per heavy atom. The molecule has 1 heterocycles. The summed E-state index contributed by atoms with van der Waals surface area (Å²) in [5, 5.41) is 0. The van der Waals surface area contributed by atoms with E-state index in [0.29, 0.717) is 0 Å². The smallest absolute Gasteiger partial charge is 0.376 e. The molecule has 0 aromatic rings. The molecule has 1 aliphatic heterocycles. The van der Waals surface area contributed by atoms with E-state index in [2.05, 4.69) is 8.37 Å². The lowest BCUT2D eigenvalue weighted by Gasteiger charge is -2.26. The first kappa shape index (κ1) is 8.92. The van der Waals surface area contributed by atoms with E-state index in [1.807, 2.05) is 0 Å². The van der Waals surface area contributed by atoms with Crippen LogP contribution in [0.1, 0.15) is 6.92 Å². The summed E-state index contributed by atoms with van der Waals surface area (Å²) < 4.78 is 35.0. The molecule has 1 unspecified atom stereocenters. The second-order valence-corrected chi connectivity index (χ2v) is 3.51. The number of ether oxygens (including phenoxy) is 1. The van der Waals surface area contributed by atoms with Gasteiger partial charge in [-0.3, -0.25) is 0 Å². The zero-order chi connectivity index (χ0) is 8.48. The van der Waals surface area contributed by atoms with Crippen LogP contribution in [-0.4, -0.2) is 34.3 Å². The van der Waals surface area contributed by atoms with Gasteiger partial charge in [-0.25, -0.2) is 8.37 Å². The normalized spacial score (nSPS) is 36.9. The molecular weight excluding hydrogens is 172 g/mol. The van der Waals surface area contributed by atoms with Crippen LogP contribution < -0.4 is 0 Å². The molecule has 6 heteroatoms. The largest absolute Gasteiger partial charge is 0.400 e. The van der Waals surface area contributed by atoms with Crippen LogP contribution in [0.15, 0.2) is 0 Å². The van der Waals surface area contributed by atoms with E-state index in [4.69, 9.17) is 4.74 Å². The highest BCUT2D eigenvalue weighted by Gasteiger charge is 2.31. The Morgan fingerprint density at radius 2 is 2.18 bits per heavy atom. The van der Waals surface area contributed by atoms with Gasteiger partial charge < -0.3 is 4.74 Å². The van der Waals surface area contributed by atoms with Gasteiger partial charge in [0.1, 0.15) is 12.2 Å². The average molecular weight is 182 g/mol. The molecule has 0 amide bonds. The Bertz CT molecular complexity index is 221. The molecule has 0 radical (unpaired) electrons. The first-order valence-corrected chi connectivity index (χ1v) is 4.49. The molecule has 1 rings (SSSR count). The monoisotopic (exact) mass is 182 g/mol. The Kier molecular flexibility index (Phi) is 2.48. The fourth-order valence-corrected chi connectivity index (χ4v) is 1.67. The molecule has 0 aliphatic carbocycles. The Hall–Kier alpha value is -0.170. The van der Waals surface area contributed by atoms with Crippen molar-refractivity contribution in [1.82, 2.24) is 0 Å². The van der Waals surface area contributed by atoms with Gasteiger partial charge in [-0.2, -0.15) is 8.42 Å². The molecule has 5 nitrogen and oxygen atoms in total. The zero-order valence-corrected chi connectivity index (χ0v) is 7.13. The molecule has 0 bridgehead atoms. The highest BCUT2D eigenvalue weighted by molar-refractivity contribution is 7.81. The van der Waals surface area contributed by atoms with Gasteiger partial charge in [0, 0.05) is 7.11 Å². The van der Waals surface area contributed by atoms with Crippen molar-refractivity contribution in [3.63, 3.8) is 0 Å². The molecule has 11 heavy (non-hydrogen) atoms.